The largest absolute Gasteiger partial charge is 0.383 e. The first-order valence-corrected chi connectivity index (χ1v) is 7.75. The molecule has 1 atom stereocenters. The van der Waals surface area contributed by atoms with Crippen LogP contribution in [0.1, 0.15) is 33.5 Å². The lowest BCUT2D eigenvalue weighted by molar-refractivity contribution is -0.385. The van der Waals surface area contributed by atoms with E-state index in [0.29, 0.717) is 12.0 Å². The summed E-state index contributed by atoms with van der Waals surface area (Å²) in [5, 5.41) is 24.5. The van der Waals surface area contributed by atoms with E-state index in [0.717, 1.165) is 17.5 Å². The van der Waals surface area contributed by atoms with E-state index in [1.807, 2.05) is 24.3 Å². The van der Waals surface area contributed by atoms with Crippen molar-refractivity contribution in [2.45, 2.75) is 25.4 Å². The van der Waals surface area contributed by atoms with Crippen LogP contribution in [0, 0.1) is 17.0 Å². The van der Waals surface area contributed by atoms with Crippen molar-refractivity contribution in [2.75, 3.05) is 6.54 Å². The van der Waals surface area contributed by atoms with Crippen LogP contribution in [0.25, 0.3) is 0 Å². The van der Waals surface area contributed by atoms with Gasteiger partial charge >= 0.3 is 0 Å². The maximum atomic E-state index is 12.4. The zero-order valence-electron chi connectivity index (χ0n) is 13.3. The highest BCUT2D eigenvalue weighted by molar-refractivity contribution is 5.96. The van der Waals surface area contributed by atoms with E-state index in [4.69, 9.17) is 0 Å². The van der Waals surface area contributed by atoms with E-state index in [-0.39, 0.29) is 17.8 Å². The maximum Gasteiger partial charge on any atom is 0.273 e. The average molecular weight is 326 g/mol. The van der Waals surface area contributed by atoms with E-state index in [2.05, 4.69) is 5.32 Å². The van der Waals surface area contributed by atoms with Gasteiger partial charge in [0.05, 0.1) is 11.5 Å². The molecule has 2 aromatic carbocycles. The number of hydrogen-bond acceptors (Lipinski definition) is 4. The number of fused-ring (bicyclic) bond motifs is 1. The third-order valence-electron chi connectivity index (χ3n) is 4.61. The summed E-state index contributed by atoms with van der Waals surface area (Å²) in [7, 11) is 0. The topological polar surface area (TPSA) is 92.5 Å². The summed E-state index contributed by atoms with van der Waals surface area (Å²) in [5.74, 6) is -0.422. The van der Waals surface area contributed by atoms with Gasteiger partial charge in [0.2, 0.25) is 0 Å². The number of carbonyl (C=O) groups excluding carboxylic acids is 1. The van der Waals surface area contributed by atoms with Crippen molar-refractivity contribution in [3.63, 3.8) is 0 Å². The van der Waals surface area contributed by atoms with E-state index in [1.54, 1.807) is 13.0 Å². The number of amides is 1. The summed E-state index contributed by atoms with van der Waals surface area (Å²) >= 11 is 0. The minimum absolute atomic E-state index is 0.0744. The minimum atomic E-state index is -1.10. The molecule has 0 heterocycles. The number of nitrogens with one attached hydrogen (secondary N) is 1. The van der Waals surface area contributed by atoms with Crippen LogP contribution in [-0.2, 0) is 12.0 Å². The van der Waals surface area contributed by atoms with Crippen LogP contribution in [0.3, 0.4) is 0 Å². The second-order valence-corrected chi connectivity index (χ2v) is 6.08. The number of aryl methyl sites for hydroxylation is 1. The number of benzene rings is 2. The van der Waals surface area contributed by atoms with Crippen LogP contribution in [0.15, 0.2) is 42.5 Å². The van der Waals surface area contributed by atoms with Gasteiger partial charge in [-0.05, 0) is 37.0 Å². The summed E-state index contributed by atoms with van der Waals surface area (Å²) < 4.78 is 0. The monoisotopic (exact) mass is 326 g/mol. The lowest BCUT2D eigenvalue weighted by Gasteiger charge is -2.24. The van der Waals surface area contributed by atoms with Crippen molar-refractivity contribution in [1.29, 1.82) is 0 Å². The Labute approximate surface area is 139 Å². The molecule has 0 aromatic heterocycles. The van der Waals surface area contributed by atoms with Crippen LogP contribution >= 0.6 is 0 Å². The molecule has 0 radical (unpaired) electrons. The summed E-state index contributed by atoms with van der Waals surface area (Å²) in [4.78, 5) is 22.9. The van der Waals surface area contributed by atoms with Gasteiger partial charge in [0, 0.05) is 17.2 Å². The normalized spacial score (nSPS) is 18.9. The van der Waals surface area contributed by atoms with Gasteiger partial charge in [0.1, 0.15) is 5.60 Å². The first-order chi connectivity index (χ1) is 11.4. The molecular weight excluding hydrogens is 308 g/mol. The lowest BCUT2D eigenvalue weighted by Crippen LogP contribution is -2.39. The molecule has 1 aliphatic carbocycles. The Balaban J connectivity index is 1.78. The number of nitro benzene ring substituents is 1. The number of hydrogen-bond donors (Lipinski definition) is 2. The zero-order chi connectivity index (χ0) is 17.3. The first kappa shape index (κ1) is 16.1. The molecule has 1 unspecified atom stereocenters. The van der Waals surface area contributed by atoms with Crippen molar-refractivity contribution in [3.8, 4) is 0 Å². The molecule has 1 amide bonds. The SMILES string of the molecule is Cc1c(C(=O)NCC2(O)CCc3ccccc32)cccc1[N+](=O)[O-]. The van der Waals surface area contributed by atoms with Gasteiger partial charge in [-0.3, -0.25) is 14.9 Å². The van der Waals surface area contributed by atoms with Gasteiger partial charge in [0.25, 0.3) is 11.6 Å². The predicted molar refractivity (Wildman–Crippen MR) is 88.8 cm³/mol. The Bertz CT molecular complexity index is 818. The van der Waals surface area contributed by atoms with E-state index in [1.165, 1.54) is 12.1 Å². The fourth-order valence-corrected chi connectivity index (χ4v) is 3.24. The molecule has 0 saturated heterocycles. The molecule has 0 saturated carbocycles. The fourth-order valence-electron chi connectivity index (χ4n) is 3.24. The highest BCUT2D eigenvalue weighted by Gasteiger charge is 2.36. The van der Waals surface area contributed by atoms with Gasteiger partial charge in [-0.25, -0.2) is 0 Å². The number of aliphatic hydroxyl groups is 1. The van der Waals surface area contributed by atoms with E-state index in [9.17, 15) is 20.0 Å². The lowest BCUT2D eigenvalue weighted by atomic mass is 9.95. The van der Waals surface area contributed by atoms with Crippen molar-refractivity contribution in [1.82, 2.24) is 5.32 Å². The Morgan fingerprint density at radius 1 is 1.29 bits per heavy atom. The van der Waals surface area contributed by atoms with Gasteiger partial charge in [-0.15, -0.1) is 0 Å². The minimum Gasteiger partial charge on any atom is -0.383 e. The highest BCUT2D eigenvalue weighted by Crippen LogP contribution is 2.36. The molecule has 0 spiro atoms. The standard InChI is InChI=1S/C18H18N2O4/c1-12-14(6-4-8-16(12)20(23)24)17(21)19-11-18(22)10-9-13-5-2-3-7-15(13)18/h2-8,22H,9-11H2,1H3,(H,19,21). The van der Waals surface area contributed by atoms with Crippen LogP contribution in [0.4, 0.5) is 5.69 Å². The predicted octanol–water partition coefficient (Wildman–Crippen LogP) is 2.47. The molecule has 3 rings (SSSR count). The maximum absolute atomic E-state index is 12.4. The molecule has 24 heavy (non-hydrogen) atoms. The van der Waals surface area contributed by atoms with Crippen LogP contribution < -0.4 is 5.32 Å². The molecule has 1 aliphatic rings. The summed E-state index contributed by atoms with van der Waals surface area (Å²) in [6.07, 6.45) is 1.30. The highest BCUT2D eigenvalue weighted by atomic mass is 16.6. The smallest absolute Gasteiger partial charge is 0.273 e. The van der Waals surface area contributed by atoms with Crippen molar-refractivity contribution in [3.05, 3.63) is 74.8 Å². The van der Waals surface area contributed by atoms with E-state index >= 15 is 0 Å². The Hall–Kier alpha value is -2.73. The van der Waals surface area contributed by atoms with Gasteiger partial charge in [-0.2, -0.15) is 0 Å². The third kappa shape index (κ3) is 2.76. The fraction of sp³-hybridized carbons (Fsp3) is 0.278. The summed E-state index contributed by atoms with van der Waals surface area (Å²) in [5.41, 5.74) is 1.30. The number of rotatable bonds is 4. The van der Waals surface area contributed by atoms with Crippen molar-refractivity contribution in [2.24, 2.45) is 0 Å². The molecule has 6 nitrogen and oxygen atoms in total. The number of nitrogens with zero attached hydrogens (tertiary/aromatic N) is 1. The second kappa shape index (κ2) is 6.05. The number of nitro groups is 1. The molecule has 124 valence electrons. The first-order valence-electron chi connectivity index (χ1n) is 7.75. The Kier molecular flexibility index (Phi) is 4.07. The molecule has 2 aromatic rings. The third-order valence-corrected chi connectivity index (χ3v) is 4.61. The summed E-state index contributed by atoms with van der Waals surface area (Å²) in [6, 6.07) is 12.0. The quantitative estimate of drug-likeness (QED) is 0.667. The number of carbonyl (C=O) groups is 1. The van der Waals surface area contributed by atoms with Gasteiger partial charge in [0.15, 0.2) is 0 Å². The van der Waals surface area contributed by atoms with Crippen LogP contribution in [-0.4, -0.2) is 22.5 Å². The van der Waals surface area contributed by atoms with Crippen molar-refractivity contribution < 1.29 is 14.8 Å². The zero-order valence-corrected chi connectivity index (χ0v) is 13.3. The van der Waals surface area contributed by atoms with Crippen LogP contribution in [0.5, 0.6) is 0 Å². The second-order valence-electron chi connectivity index (χ2n) is 6.08. The molecule has 0 aliphatic heterocycles. The molecule has 0 bridgehead atoms. The molecular formula is C18H18N2O4. The molecule has 6 heteroatoms. The Morgan fingerprint density at radius 3 is 2.79 bits per heavy atom. The van der Waals surface area contributed by atoms with Gasteiger partial charge in [-0.1, -0.05) is 30.3 Å². The molecule has 0 fully saturated rings. The van der Waals surface area contributed by atoms with Crippen LogP contribution in [0.2, 0.25) is 0 Å². The van der Waals surface area contributed by atoms with E-state index < -0.39 is 16.4 Å². The van der Waals surface area contributed by atoms with Crippen molar-refractivity contribution >= 4 is 11.6 Å². The van der Waals surface area contributed by atoms with Gasteiger partial charge < -0.3 is 10.4 Å². The molecule has 2 N–H and O–H groups in total. The Morgan fingerprint density at radius 2 is 2.04 bits per heavy atom. The summed E-state index contributed by atoms with van der Waals surface area (Å²) in [6.45, 7) is 1.62. The average Bonchev–Trinajstić information content (AvgIpc) is 2.91.